The van der Waals surface area contributed by atoms with Gasteiger partial charge in [-0.3, -0.25) is 0 Å². The van der Waals surface area contributed by atoms with Crippen LogP contribution in [0.5, 0.6) is 11.5 Å². The molecule has 122 valence electrons. The Morgan fingerprint density at radius 2 is 2.14 bits per heavy atom. The van der Waals surface area contributed by atoms with Gasteiger partial charge >= 0.3 is 0 Å². The number of nitrogens with two attached hydrogens (primary N) is 1. The molecular weight excluding hydrogens is 393 g/mol. The number of allylic oxidation sites excluding steroid dienone is 1. The number of ether oxygens (including phenoxy) is 2. The second-order valence-corrected chi connectivity index (χ2v) is 5.10. The first-order chi connectivity index (χ1) is 10.2. The standard InChI is InChI=1S/C16H23N3O2.HI/c1-4-5-12-8-11(9-14(20-2)15(12)21-3)10-18-16(17)19-13-6-7-13;/h4,8-9,13H,1,5-7,10H2,2-3H3,(H3,17,18,19);1H. The van der Waals surface area contributed by atoms with E-state index in [1.54, 1.807) is 14.2 Å². The van der Waals surface area contributed by atoms with Gasteiger partial charge in [0, 0.05) is 11.6 Å². The van der Waals surface area contributed by atoms with Crippen molar-refractivity contribution in [2.24, 2.45) is 10.7 Å². The number of guanidine groups is 1. The smallest absolute Gasteiger partial charge is 0.189 e. The number of benzene rings is 1. The minimum Gasteiger partial charge on any atom is -0.493 e. The van der Waals surface area contributed by atoms with Crippen LogP contribution in [-0.2, 0) is 13.0 Å². The molecule has 1 aliphatic carbocycles. The van der Waals surface area contributed by atoms with Gasteiger partial charge in [-0.25, -0.2) is 4.99 Å². The number of methoxy groups -OCH3 is 2. The molecule has 0 amide bonds. The Morgan fingerprint density at radius 1 is 1.41 bits per heavy atom. The van der Waals surface area contributed by atoms with Crippen LogP contribution < -0.4 is 20.5 Å². The van der Waals surface area contributed by atoms with Crippen LogP contribution >= 0.6 is 24.0 Å². The molecule has 0 saturated heterocycles. The lowest BCUT2D eigenvalue weighted by atomic mass is 10.1. The molecule has 1 aromatic rings. The Labute approximate surface area is 149 Å². The van der Waals surface area contributed by atoms with E-state index in [-0.39, 0.29) is 24.0 Å². The summed E-state index contributed by atoms with van der Waals surface area (Å²) in [5, 5.41) is 3.17. The van der Waals surface area contributed by atoms with E-state index in [0.717, 1.165) is 16.9 Å². The molecule has 1 saturated carbocycles. The molecule has 3 N–H and O–H groups in total. The molecule has 2 rings (SSSR count). The highest BCUT2D eigenvalue weighted by molar-refractivity contribution is 14.0. The zero-order valence-electron chi connectivity index (χ0n) is 13.1. The molecule has 0 aromatic heterocycles. The minimum absolute atomic E-state index is 0. The summed E-state index contributed by atoms with van der Waals surface area (Å²) in [5.74, 6) is 1.95. The number of hydrogen-bond acceptors (Lipinski definition) is 3. The zero-order valence-corrected chi connectivity index (χ0v) is 15.4. The van der Waals surface area contributed by atoms with E-state index in [9.17, 15) is 0 Å². The maximum absolute atomic E-state index is 5.85. The molecule has 0 atom stereocenters. The number of hydrogen-bond donors (Lipinski definition) is 2. The second-order valence-electron chi connectivity index (χ2n) is 5.10. The van der Waals surface area contributed by atoms with E-state index >= 15 is 0 Å². The molecule has 1 aromatic carbocycles. The Balaban J connectivity index is 0.00000242. The van der Waals surface area contributed by atoms with Crippen molar-refractivity contribution in [3.63, 3.8) is 0 Å². The van der Waals surface area contributed by atoms with Gasteiger partial charge in [0.1, 0.15) is 0 Å². The zero-order chi connectivity index (χ0) is 15.2. The van der Waals surface area contributed by atoms with Gasteiger partial charge in [0.05, 0.1) is 20.8 Å². The van der Waals surface area contributed by atoms with E-state index in [0.29, 0.717) is 30.7 Å². The summed E-state index contributed by atoms with van der Waals surface area (Å²) in [7, 11) is 3.27. The molecule has 0 bridgehead atoms. The topological polar surface area (TPSA) is 68.9 Å². The van der Waals surface area contributed by atoms with Gasteiger partial charge in [-0.05, 0) is 37.0 Å². The van der Waals surface area contributed by atoms with Crippen molar-refractivity contribution >= 4 is 29.9 Å². The third-order valence-corrected chi connectivity index (χ3v) is 3.34. The molecular formula is C16H24IN3O2. The summed E-state index contributed by atoms with van der Waals surface area (Å²) in [4.78, 5) is 4.37. The third kappa shape index (κ3) is 5.08. The third-order valence-electron chi connectivity index (χ3n) is 3.34. The Hall–Kier alpha value is -1.44. The normalized spacial score (nSPS) is 14.0. The number of rotatable bonds is 7. The van der Waals surface area contributed by atoms with Crippen molar-refractivity contribution in [1.82, 2.24) is 5.32 Å². The number of nitrogens with zero attached hydrogens (tertiary/aromatic N) is 1. The second kappa shape index (κ2) is 8.87. The van der Waals surface area contributed by atoms with Crippen LogP contribution in [0.25, 0.3) is 0 Å². The quantitative estimate of drug-likeness (QED) is 0.310. The molecule has 22 heavy (non-hydrogen) atoms. The Morgan fingerprint density at radius 3 is 2.68 bits per heavy atom. The largest absolute Gasteiger partial charge is 0.493 e. The summed E-state index contributed by atoms with van der Waals surface area (Å²) in [6.07, 6.45) is 4.91. The van der Waals surface area contributed by atoms with Crippen molar-refractivity contribution in [3.8, 4) is 11.5 Å². The number of nitrogens with one attached hydrogen (secondary N) is 1. The minimum atomic E-state index is 0. The lowest BCUT2D eigenvalue weighted by Crippen LogP contribution is -2.33. The van der Waals surface area contributed by atoms with Crippen LogP contribution in [0.3, 0.4) is 0 Å². The van der Waals surface area contributed by atoms with Crippen LogP contribution in [0.1, 0.15) is 24.0 Å². The van der Waals surface area contributed by atoms with Crippen molar-refractivity contribution < 1.29 is 9.47 Å². The highest BCUT2D eigenvalue weighted by Gasteiger charge is 2.21. The van der Waals surface area contributed by atoms with Crippen LogP contribution in [0.15, 0.2) is 29.8 Å². The molecule has 0 unspecified atom stereocenters. The van der Waals surface area contributed by atoms with Gasteiger partial charge in [-0.2, -0.15) is 0 Å². The first-order valence-corrected chi connectivity index (χ1v) is 7.09. The molecule has 1 fully saturated rings. The lowest BCUT2D eigenvalue weighted by Gasteiger charge is -2.14. The fraction of sp³-hybridized carbons (Fsp3) is 0.438. The van der Waals surface area contributed by atoms with Gasteiger partial charge in [0.15, 0.2) is 17.5 Å². The number of aliphatic imine (C=N–C) groups is 1. The molecule has 0 spiro atoms. The SMILES string of the molecule is C=CCc1cc(CN=C(N)NC2CC2)cc(OC)c1OC.I. The maximum Gasteiger partial charge on any atom is 0.189 e. The highest BCUT2D eigenvalue weighted by atomic mass is 127. The van der Waals surface area contributed by atoms with Crippen LogP contribution in [-0.4, -0.2) is 26.2 Å². The predicted octanol–water partition coefficient (Wildman–Crippen LogP) is 2.62. The van der Waals surface area contributed by atoms with Gasteiger partial charge < -0.3 is 20.5 Å². The van der Waals surface area contributed by atoms with Gasteiger partial charge in [-0.1, -0.05) is 6.08 Å². The molecule has 0 radical (unpaired) electrons. The predicted molar refractivity (Wildman–Crippen MR) is 100 cm³/mol. The molecule has 0 heterocycles. The maximum atomic E-state index is 5.85. The average Bonchev–Trinajstić information content (AvgIpc) is 3.28. The Kier molecular flexibility index (Phi) is 7.50. The van der Waals surface area contributed by atoms with Crippen molar-refractivity contribution in [2.75, 3.05) is 14.2 Å². The van der Waals surface area contributed by atoms with E-state index in [4.69, 9.17) is 15.2 Å². The first kappa shape index (κ1) is 18.6. The van der Waals surface area contributed by atoms with Crippen LogP contribution in [0.2, 0.25) is 0 Å². The van der Waals surface area contributed by atoms with E-state index < -0.39 is 0 Å². The van der Waals surface area contributed by atoms with Gasteiger partial charge in [0.25, 0.3) is 0 Å². The van der Waals surface area contributed by atoms with Crippen molar-refractivity contribution in [1.29, 1.82) is 0 Å². The van der Waals surface area contributed by atoms with Gasteiger partial charge in [0.2, 0.25) is 0 Å². The van der Waals surface area contributed by atoms with Crippen LogP contribution in [0, 0.1) is 0 Å². The number of halogens is 1. The van der Waals surface area contributed by atoms with Crippen molar-refractivity contribution in [3.05, 3.63) is 35.9 Å². The molecule has 0 aliphatic heterocycles. The fourth-order valence-corrected chi connectivity index (χ4v) is 2.16. The van der Waals surface area contributed by atoms with E-state index in [2.05, 4.69) is 23.0 Å². The summed E-state index contributed by atoms with van der Waals surface area (Å²) in [5.41, 5.74) is 7.92. The Bertz CT molecular complexity index is 542. The van der Waals surface area contributed by atoms with E-state index in [1.165, 1.54) is 12.8 Å². The average molecular weight is 417 g/mol. The van der Waals surface area contributed by atoms with Gasteiger partial charge in [-0.15, -0.1) is 30.6 Å². The molecule has 1 aliphatic rings. The fourth-order valence-electron chi connectivity index (χ4n) is 2.16. The molecule has 5 nitrogen and oxygen atoms in total. The lowest BCUT2D eigenvalue weighted by molar-refractivity contribution is 0.352. The monoisotopic (exact) mass is 417 g/mol. The summed E-state index contributed by atoms with van der Waals surface area (Å²) >= 11 is 0. The highest BCUT2D eigenvalue weighted by Crippen LogP contribution is 2.33. The summed E-state index contributed by atoms with van der Waals surface area (Å²) in [6.45, 7) is 4.29. The first-order valence-electron chi connectivity index (χ1n) is 7.09. The summed E-state index contributed by atoms with van der Waals surface area (Å²) in [6, 6.07) is 4.49. The van der Waals surface area contributed by atoms with Crippen molar-refractivity contribution in [2.45, 2.75) is 31.8 Å². The molecule has 6 heteroatoms. The summed E-state index contributed by atoms with van der Waals surface area (Å²) < 4.78 is 10.8. The van der Waals surface area contributed by atoms with E-state index in [1.807, 2.05) is 12.1 Å². The van der Waals surface area contributed by atoms with Crippen LogP contribution in [0.4, 0.5) is 0 Å².